The SMILES string of the molecule is CN1CCN(C(=O)CN2C(=O)CCNc3ccccc32)CC1. The molecule has 2 aliphatic rings. The highest BCUT2D eigenvalue weighted by molar-refractivity contribution is 6.02. The molecule has 1 saturated heterocycles. The maximum atomic E-state index is 12.5. The summed E-state index contributed by atoms with van der Waals surface area (Å²) in [7, 11) is 2.06. The molecule has 6 nitrogen and oxygen atoms in total. The van der Waals surface area contributed by atoms with E-state index in [4.69, 9.17) is 0 Å². The maximum Gasteiger partial charge on any atom is 0.242 e. The van der Waals surface area contributed by atoms with Crippen molar-refractivity contribution in [1.29, 1.82) is 0 Å². The van der Waals surface area contributed by atoms with Gasteiger partial charge in [-0.15, -0.1) is 0 Å². The molecular weight excluding hydrogens is 280 g/mol. The van der Waals surface area contributed by atoms with E-state index in [9.17, 15) is 9.59 Å². The fourth-order valence-electron chi connectivity index (χ4n) is 2.90. The van der Waals surface area contributed by atoms with Gasteiger partial charge in [0.2, 0.25) is 11.8 Å². The summed E-state index contributed by atoms with van der Waals surface area (Å²) in [5.74, 6) is 0.0260. The molecule has 1 fully saturated rings. The summed E-state index contributed by atoms with van der Waals surface area (Å²) in [5, 5.41) is 3.25. The molecule has 0 bridgehead atoms. The second kappa shape index (κ2) is 6.36. The number of benzene rings is 1. The van der Waals surface area contributed by atoms with Crippen molar-refractivity contribution in [2.75, 3.05) is 56.5 Å². The lowest BCUT2D eigenvalue weighted by Gasteiger charge is -2.34. The lowest BCUT2D eigenvalue weighted by atomic mass is 10.2. The van der Waals surface area contributed by atoms with Crippen molar-refractivity contribution < 1.29 is 9.59 Å². The number of carbonyl (C=O) groups is 2. The van der Waals surface area contributed by atoms with Gasteiger partial charge in [0.15, 0.2) is 0 Å². The van der Waals surface area contributed by atoms with Crippen LogP contribution in [0.4, 0.5) is 11.4 Å². The van der Waals surface area contributed by atoms with Gasteiger partial charge in [0.05, 0.1) is 11.4 Å². The molecule has 0 spiro atoms. The first-order valence-electron chi connectivity index (χ1n) is 7.75. The van der Waals surface area contributed by atoms with Crippen LogP contribution < -0.4 is 10.2 Å². The molecule has 6 heteroatoms. The lowest BCUT2D eigenvalue weighted by Crippen LogP contribution is -2.50. The van der Waals surface area contributed by atoms with Crippen LogP contribution >= 0.6 is 0 Å². The van der Waals surface area contributed by atoms with Gasteiger partial charge >= 0.3 is 0 Å². The number of rotatable bonds is 2. The number of anilines is 2. The van der Waals surface area contributed by atoms with Crippen LogP contribution in [0.1, 0.15) is 6.42 Å². The zero-order valence-corrected chi connectivity index (χ0v) is 12.9. The molecule has 1 aromatic carbocycles. The van der Waals surface area contributed by atoms with Crippen LogP contribution in [0, 0.1) is 0 Å². The smallest absolute Gasteiger partial charge is 0.242 e. The summed E-state index contributed by atoms with van der Waals surface area (Å²) in [6, 6.07) is 7.67. The summed E-state index contributed by atoms with van der Waals surface area (Å²) >= 11 is 0. The molecule has 0 saturated carbocycles. The maximum absolute atomic E-state index is 12.5. The van der Waals surface area contributed by atoms with E-state index in [1.54, 1.807) is 4.90 Å². The normalized spacial score (nSPS) is 19.4. The van der Waals surface area contributed by atoms with Gasteiger partial charge < -0.3 is 20.0 Å². The summed E-state index contributed by atoms with van der Waals surface area (Å²) < 4.78 is 0. The summed E-state index contributed by atoms with van der Waals surface area (Å²) in [4.78, 5) is 30.6. The zero-order valence-electron chi connectivity index (χ0n) is 12.9. The van der Waals surface area contributed by atoms with E-state index in [1.165, 1.54) is 0 Å². The second-order valence-corrected chi connectivity index (χ2v) is 5.86. The molecule has 2 aliphatic heterocycles. The first kappa shape index (κ1) is 14.8. The largest absolute Gasteiger partial charge is 0.383 e. The number of piperazine rings is 1. The highest BCUT2D eigenvalue weighted by atomic mass is 16.2. The van der Waals surface area contributed by atoms with Crippen molar-refractivity contribution in [3.63, 3.8) is 0 Å². The minimum Gasteiger partial charge on any atom is -0.383 e. The number of nitrogens with one attached hydrogen (secondary N) is 1. The standard InChI is InChI=1S/C16H22N4O2/c1-18-8-10-19(11-9-18)16(22)12-20-14-5-3-2-4-13(14)17-7-6-15(20)21/h2-5,17H,6-12H2,1H3. The first-order chi connectivity index (χ1) is 10.6. The third kappa shape index (κ3) is 3.06. The molecule has 1 N–H and O–H groups in total. The number of carbonyl (C=O) groups excluding carboxylic acids is 2. The summed E-state index contributed by atoms with van der Waals surface area (Å²) in [6.07, 6.45) is 0.407. The highest BCUT2D eigenvalue weighted by Gasteiger charge is 2.27. The Labute approximate surface area is 130 Å². The van der Waals surface area contributed by atoms with Gasteiger partial charge in [-0.2, -0.15) is 0 Å². The van der Waals surface area contributed by atoms with E-state index >= 15 is 0 Å². The van der Waals surface area contributed by atoms with Gasteiger partial charge in [-0.25, -0.2) is 0 Å². The Balaban J connectivity index is 1.75. The van der Waals surface area contributed by atoms with Gasteiger partial charge in [-0.05, 0) is 19.2 Å². The molecular formula is C16H22N4O2. The molecule has 0 aromatic heterocycles. The molecule has 2 amide bonds. The predicted molar refractivity (Wildman–Crippen MR) is 86.0 cm³/mol. The Morgan fingerprint density at radius 1 is 1.18 bits per heavy atom. The average molecular weight is 302 g/mol. The minimum absolute atomic E-state index is 0.0000671. The topological polar surface area (TPSA) is 55.9 Å². The van der Waals surface area contributed by atoms with Crippen molar-refractivity contribution in [2.24, 2.45) is 0 Å². The number of amides is 2. The van der Waals surface area contributed by atoms with Crippen LogP contribution in [0.5, 0.6) is 0 Å². The third-order valence-corrected chi connectivity index (χ3v) is 4.30. The van der Waals surface area contributed by atoms with Crippen molar-refractivity contribution >= 4 is 23.2 Å². The first-order valence-corrected chi connectivity index (χ1v) is 7.75. The Morgan fingerprint density at radius 3 is 2.68 bits per heavy atom. The third-order valence-electron chi connectivity index (χ3n) is 4.30. The summed E-state index contributed by atoms with van der Waals surface area (Å²) in [5.41, 5.74) is 1.71. The lowest BCUT2D eigenvalue weighted by molar-refractivity contribution is -0.132. The number of hydrogen-bond donors (Lipinski definition) is 1. The van der Waals surface area contributed by atoms with E-state index in [0.29, 0.717) is 13.0 Å². The summed E-state index contributed by atoms with van der Waals surface area (Å²) in [6.45, 7) is 3.97. The van der Waals surface area contributed by atoms with Crippen molar-refractivity contribution in [3.8, 4) is 0 Å². The molecule has 2 heterocycles. The van der Waals surface area contributed by atoms with Crippen molar-refractivity contribution in [1.82, 2.24) is 9.80 Å². The second-order valence-electron chi connectivity index (χ2n) is 5.86. The van der Waals surface area contributed by atoms with E-state index in [2.05, 4.69) is 17.3 Å². The average Bonchev–Trinajstić information content (AvgIpc) is 2.68. The zero-order chi connectivity index (χ0) is 15.5. The molecule has 3 rings (SSSR count). The number of para-hydroxylation sites is 2. The molecule has 1 aromatic rings. The van der Waals surface area contributed by atoms with E-state index in [-0.39, 0.29) is 18.4 Å². The molecule has 0 radical (unpaired) electrons. The van der Waals surface area contributed by atoms with Crippen molar-refractivity contribution in [3.05, 3.63) is 24.3 Å². The number of hydrogen-bond acceptors (Lipinski definition) is 4. The molecule has 0 atom stereocenters. The van der Waals surface area contributed by atoms with E-state index in [0.717, 1.165) is 37.6 Å². The quantitative estimate of drug-likeness (QED) is 0.870. The fourth-order valence-corrected chi connectivity index (χ4v) is 2.90. The van der Waals surface area contributed by atoms with Crippen LogP contribution in [-0.2, 0) is 9.59 Å². The number of likely N-dealkylation sites (N-methyl/N-ethyl adjacent to an activating group) is 1. The number of fused-ring (bicyclic) bond motifs is 1. The van der Waals surface area contributed by atoms with Crippen LogP contribution in [0.2, 0.25) is 0 Å². The van der Waals surface area contributed by atoms with Gasteiger partial charge in [0, 0.05) is 39.1 Å². The van der Waals surface area contributed by atoms with E-state index < -0.39 is 0 Å². The minimum atomic E-state index is -0.0000671. The van der Waals surface area contributed by atoms with Gasteiger partial charge in [-0.1, -0.05) is 12.1 Å². The molecule has 22 heavy (non-hydrogen) atoms. The Kier molecular flexibility index (Phi) is 4.29. The van der Waals surface area contributed by atoms with Crippen LogP contribution in [-0.4, -0.2) is 67.9 Å². The number of nitrogens with zero attached hydrogens (tertiary/aromatic N) is 3. The molecule has 0 aliphatic carbocycles. The molecule has 0 unspecified atom stereocenters. The van der Waals surface area contributed by atoms with Gasteiger partial charge in [0.25, 0.3) is 0 Å². The van der Waals surface area contributed by atoms with Crippen LogP contribution in [0.25, 0.3) is 0 Å². The van der Waals surface area contributed by atoms with Gasteiger partial charge in [-0.3, -0.25) is 9.59 Å². The predicted octanol–water partition coefficient (Wildman–Crippen LogP) is 0.609. The Bertz CT molecular complexity index is 567. The van der Waals surface area contributed by atoms with E-state index in [1.807, 2.05) is 29.2 Å². The Hall–Kier alpha value is -2.08. The van der Waals surface area contributed by atoms with Crippen LogP contribution in [0.15, 0.2) is 24.3 Å². The fraction of sp³-hybridized carbons (Fsp3) is 0.500. The van der Waals surface area contributed by atoms with Crippen LogP contribution in [0.3, 0.4) is 0 Å². The monoisotopic (exact) mass is 302 g/mol. The Morgan fingerprint density at radius 2 is 1.91 bits per heavy atom. The van der Waals surface area contributed by atoms with Crippen molar-refractivity contribution in [2.45, 2.75) is 6.42 Å². The highest BCUT2D eigenvalue weighted by Crippen LogP contribution is 2.28. The van der Waals surface area contributed by atoms with Gasteiger partial charge in [0.1, 0.15) is 6.54 Å². The molecule has 118 valence electrons.